The standard InChI is InChI=1S/C13H16N2/c1-10-4-2-5-11(8-10)12(15)13(9-14)6-3-7-13/h2,4-5,8,12H,3,6-7,15H2,1H3. The monoisotopic (exact) mass is 200 g/mol. The molecule has 0 saturated heterocycles. The van der Waals surface area contributed by atoms with Gasteiger partial charge in [0.2, 0.25) is 0 Å². The number of nitrogens with zero attached hydrogens (tertiary/aromatic N) is 1. The molecule has 0 aliphatic heterocycles. The van der Waals surface area contributed by atoms with Crippen LogP contribution in [-0.4, -0.2) is 0 Å². The molecular weight excluding hydrogens is 184 g/mol. The molecule has 1 aromatic carbocycles. The lowest BCUT2D eigenvalue weighted by Gasteiger charge is -2.40. The first-order valence-corrected chi connectivity index (χ1v) is 5.41. The van der Waals surface area contributed by atoms with E-state index in [0.717, 1.165) is 24.8 Å². The van der Waals surface area contributed by atoms with Gasteiger partial charge >= 0.3 is 0 Å². The molecule has 15 heavy (non-hydrogen) atoms. The van der Waals surface area contributed by atoms with Crippen molar-refractivity contribution in [2.45, 2.75) is 32.2 Å². The smallest absolute Gasteiger partial charge is 0.0766 e. The Bertz CT molecular complexity index is 399. The molecule has 0 amide bonds. The molecule has 2 nitrogen and oxygen atoms in total. The Labute approximate surface area is 90.7 Å². The van der Waals surface area contributed by atoms with Crippen LogP contribution < -0.4 is 5.73 Å². The predicted octanol–water partition coefficient (Wildman–Crippen LogP) is 2.69. The van der Waals surface area contributed by atoms with Crippen molar-refractivity contribution in [1.82, 2.24) is 0 Å². The minimum Gasteiger partial charge on any atom is -0.323 e. The van der Waals surface area contributed by atoms with E-state index in [1.54, 1.807) is 0 Å². The van der Waals surface area contributed by atoms with E-state index in [0.29, 0.717) is 0 Å². The van der Waals surface area contributed by atoms with E-state index >= 15 is 0 Å². The molecule has 0 spiro atoms. The van der Waals surface area contributed by atoms with Gasteiger partial charge < -0.3 is 5.73 Å². The first-order valence-electron chi connectivity index (χ1n) is 5.41. The van der Waals surface area contributed by atoms with Crippen molar-refractivity contribution in [3.05, 3.63) is 35.4 Å². The van der Waals surface area contributed by atoms with Crippen molar-refractivity contribution >= 4 is 0 Å². The predicted molar refractivity (Wildman–Crippen MR) is 60.0 cm³/mol. The molecule has 1 aromatic rings. The molecule has 1 unspecified atom stereocenters. The average molecular weight is 200 g/mol. The third-order valence-corrected chi connectivity index (χ3v) is 3.47. The van der Waals surface area contributed by atoms with Crippen molar-refractivity contribution in [1.29, 1.82) is 5.26 Å². The third-order valence-electron chi connectivity index (χ3n) is 3.47. The number of benzene rings is 1. The summed E-state index contributed by atoms with van der Waals surface area (Å²) in [6.45, 7) is 2.05. The van der Waals surface area contributed by atoms with Gasteiger partial charge in [-0.1, -0.05) is 36.2 Å². The van der Waals surface area contributed by atoms with E-state index in [-0.39, 0.29) is 11.5 Å². The highest BCUT2D eigenvalue weighted by Crippen LogP contribution is 2.48. The molecule has 1 aliphatic carbocycles. The average Bonchev–Trinajstić information content (AvgIpc) is 2.17. The molecule has 2 N–H and O–H groups in total. The number of nitrogens with two attached hydrogens (primary N) is 1. The first-order chi connectivity index (χ1) is 7.18. The molecule has 1 atom stereocenters. The summed E-state index contributed by atoms with van der Waals surface area (Å²) in [7, 11) is 0. The summed E-state index contributed by atoms with van der Waals surface area (Å²) in [6.07, 6.45) is 3.02. The lowest BCUT2D eigenvalue weighted by molar-refractivity contribution is 0.169. The summed E-state index contributed by atoms with van der Waals surface area (Å²) < 4.78 is 0. The number of rotatable bonds is 2. The molecule has 0 bridgehead atoms. The number of hydrogen-bond acceptors (Lipinski definition) is 2. The minimum atomic E-state index is -0.298. The van der Waals surface area contributed by atoms with E-state index in [1.165, 1.54) is 5.56 Å². The van der Waals surface area contributed by atoms with Crippen LogP contribution in [0.5, 0.6) is 0 Å². The van der Waals surface area contributed by atoms with Crippen LogP contribution in [0.4, 0.5) is 0 Å². The Balaban J connectivity index is 2.28. The molecule has 1 aliphatic rings. The third kappa shape index (κ3) is 1.64. The molecule has 0 aromatic heterocycles. The Morgan fingerprint density at radius 1 is 1.47 bits per heavy atom. The quantitative estimate of drug-likeness (QED) is 0.798. The van der Waals surface area contributed by atoms with Crippen LogP contribution in [0.3, 0.4) is 0 Å². The lowest BCUT2D eigenvalue weighted by atomic mass is 9.63. The SMILES string of the molecule is Cc1cccc(C(N)C2(C#N)CCC2)c1. The maximum absolute atomic E-state index is 9.21. The van der Waals surface area contributed by atoms with Gasteiger partial charge in [-0.3, -0.25) is 0 Å². The van der Waals surface area contributed by atoms with Gasteiger partial charge in [-0.25, -0.2) is 0 Å². The van der Waals surface area contributed by atoms with Gasteiger partial charge in [0.1, 0.15) is 0 Å². The van der Waals surface area contributed by atoms with Crippen molar-refractivity contribution in [2.24, 2.45) is 11.1 Å². The number of aryl methyl sites for hydroxylation is 1. The van der Waals surface area contributed by atoms with Crippen LogP contribution in [-0.2, 0) is 0 Å². The lowest BCUT2D eigenvalue weighted by Crippen LogP contribution is -2.39. The first kappa shape index (κ1) is 10.2. The summed E-state index contributed by atoms with van der Waals surface area (Å²) in [5, 5.41) is 9.21. The highest BCUT2D eigenvalue weighted by atomic mass is 14.7. The Hall–Kier alpha value is -1.33. The van der Waals surface area contributed by atoms with Gasteiger partial charge in [-0.2, -0.15) is 5.26 Å². The van der Waals surface area contributed by atoms with Crippen LogP contribution in [0, 0.1) is 23.7 Å². The fourth-order valence-corrected chi connectivity index (χ4v) is 2.23. The number of hydrogen-bond donors (Lipinski definition) is 1. The van der Waals surface area contributed by atoms with Crippen molar-refractivity contribution in [3.8, 4) is 6.07 Å². The Morgan fingerprint density at radius 2 is 2.20 bits per heavy atom. The zero-order chi connectivity index (χ0) is 10.9. The molecular formula is C13H16N2. The topological polar surface area (TPSA) is 49.8 Å². The highest BCUT2D eigenvalue weighted by molar-refractivity contribution is 5.29. The summed E-state index contributed by atoms with van der Waals surface area (Å²) in [5.41, 5.74) is 8.19. The van der Waals surface area contributed by atoms with E-state index < -0.39 is 0 Å². The summed E-state index contributed by atoms with van der Waals surface area (Å²) in [4.78, 5) is 0. The van der Waals surface area contributed by atoms with E-state index in [2.05, 4.69) is 25.1 Å². The zero-order valence-electron chi connectivity index (χ0n) is 9.03. The molecule has 2 rings (SSSR count). The second-order valence-electron chi connectivity index (χ2n) is 4.51. The number of nitriles is 1. The van der Waals surface area contributed by atoms with Crippen molar-refractivity contribution in [3.63, 3.8) is 0 Å². The van der Waals surface area contributed by atoms with Crippen LogP contribution in [0.15, 0.2) is 24.3 Å². The minimum absolute atomic E-state index is 0.129. The maximum Gasteiger partial charge on any atom is 0.0766 e. The maximum atomic E-state index is 9.21. The van der Waals surface area contributed by atoms with E-state index in [4.69, 9.17) is 5.73 Å². The molecule has 0 radical (unpaired) electrons. The molecule has 2 heteroatoms. The van der Waals surface area contributed by atoms with Gasteiger partial charge in [-0.15, -0.1) is 0 Å². The molecule has 1 saturated carbocycles. The second-order valence-corrected chi connectivity index (χ2v) is 4.51. The second kappa shape index (κ2) is 3.67. The van der Waals surface area contributed by atoms with Crippen molar-refractivity contribution < 1.29 is 0 Å². The summed E-state index contributed by atoms with van der Waals surface area (Å²) in [6, 6.07) is 10.4. The largest absolute Gasteiger partial charge is 0.323 e. The Morgan fingerprint density at radius 3 is 2.67 bits per heavy atom. The highest BCUT2D eigenvalue weighted by Gasteiger charge is 2.43. The molecule has 0 heterocycles. The van der Waals surface area contributed by atoms with Crippen LogP contribution in [0.25, 0.3) is 0 Å². The zero-order valence-corrected chi connectivity index (χ0v) is 9.03. The van der Waals surface area contributed by atoms with Gasteiger partial charge in [0.15, 0.2) is 0 Å². The fraction of sp³-hybridized carbons (Fsp3) is 0.462. The van der Waals surface area contributed by atoms with E-state index in [9.17, 15) is 5.26 Å². The summed E-state index contributed by atoms with van der Waals surface area (Å²) in [5.74, 6) is 0. The van der Waals surface area contributed by atoms with Gasteiger partial charge in [0.05, 0.1) is 11.5 Å². The molecule has 1 fully saturated rings. The van der Waals surface area contributed by atoms with Crippen LogP contribution in [0.2, 0.25) is 0 Å². The van der Waals surface area contributed by atoms with Crippen molar-refractivity contribution in [2.75, 3.05) is 0 Å². The molecule has 78 valence electrons. The van der Waals surface area contributed by atoms with Gasteiger partial charge in [-0.05, 0) is 25.3 Å². The summed E-state index contributed by atoms with van der Waals surface area (Å²) >= 11 is 0. The van der Waals surface area contributed by atoms with E-state index in [1.807, 2.05) is 12.1 Å². The fourth-order valence-electron chi connectivity index (χ4n) is 2.23. The Kier molecular flexibility index (Phi) is 2.50. The van der Waals surface area contributed by atoms with Gasteiger partial charge in [0, 0.05) is 6.04 Å². The van der Waals surface area contributed by atoms with Crippen LogP contribution >= 0.6 is 0 Å². The van der Waals surface area contributed by atoms with Gasteiger partial charge in [0.25, 0.3) is 0 Å². The normalized spacial score (nSPS) is 20.1. The van der Waals surface area contributed by atoms with Crippen LogP contribution in [0.1, 0.15) is 36.4 Å².